The van der Waals surface area contributed by atoms with Gasteiger partial charge in [0.05, 0.1) is 16.8 Å². The van der Waals surface area contributed by atoms with Crippen molar-refractivity contribution in [2.75, 3.05) is 11.9 Å². The van der Waals surface area contributed by atoms with Crippen LogP contribution >= 0.6 is 15.9 Å². The molecule has 0 bridgehead atoms. The zero-order valence-corrected chi connectivity index (χ0v) is 16.7. The Bertz CT molecular complexity index is 881. The molecule has 1 aromatic heterocycles. The molecule has 0 aliphatic heterocycles. The molecule has 146 valence electrons. The van der Waals surface area contributed by atoms with E-state index in [-0.39, 0.29) is 17.5 Å². The van der Waals surface area contributed by atoms with E-state index in [2.05, 4.69) is 31.5 Å². The van der Waals surface area contributed by atoms with Gasteiger partial charge in [-0.1, -0.05) is 25.0 Å². The van der Waals surface area contributed by atoms with E-state index in [0.717, 1.165) is 25.7 Å². The van der Waals surface area contributed by atoms with Gasteiger partial charge in [-0.25, -0.2) is 4.79 Å². The van der Waals surface area contributed by atoms with Crippen LogP contribution in [0.1, 0.15) is 46.4 Å². The van der Waals surface area contributed by atoms with E-state index in [4.69, 9.17) is 4.74 Å². The highest BCUT2D eigenvalue weighted by Gasteiger charge is 2.20. The van der Waals surface area contributed by atoms with Gasteiger partial charge < -0.3 is 15.4 Å². The highest BCUT2D eigenvalue weighted by molar-refractivity contribution is 9.10. The second-order valence-electron chi connectivity index (χ2n) is 6.52. The van der Waals surface area contributed by atoms with Crippen molar-refractivity contribution in [1.82, 2.24) is 10.3 Å². The van der Waals surface area contributed by atoms with Crippen LogP contribution in [0.15, 0.2) is 47.2 Å². The van der Waals surface area contributed by atoms with Crippen molar-refractivity contribution in [1.29, 1.82) is 0 Å². The highest BCUT2D eigenvalue weighted by atomic mass is 79.9. The Balaban J connectivity index is 1.58. The number of nitrogens with one attached hydrogen (secondary N) is 2. The number of aromatic nitrogens is 1. The number of benzene rings is 1. The van der Waals surface area contributed by atoms with Crippen LogP contribution < -0.4 is 10.6 Å². The van der Waals surface area contributed by atoms with E-state index in [1.807, 2.05) is 0 Å². The zero-order valence-electron chi connectivity index (χ0n) is 15.1. The number of esters is 1. The summed E-state index contributed by atoms with van der Waals surface area (Å²) in [6.45, 7) is -0.468. The van der Waals surface area contributed by atoms with Gasteiger partial charge in [0, 0.05) is 22.9 Å². The molecule has 0 spiro atoms. The summed E-state index contributed by atoms with van der Waals surface area (Å²) in [5.74, 6) is -1.41. The Hall–Kier alpha value is -2.74. The number of para-hydroxylation sites is 1. The van der Waals surface area contributed by atoms with E-state index in [1.54, 1.807) is 30.3 Å². The van der Waals surface area contributed by atoms with E-state index in [9.17, 15) is 14.4 Å². The van der Waals surface area contributed by atoms with Crippen molar-refractivity contribution >= 4 is 39.4 Å². The molecular formula is C20H20BrN3O4. The molecule has 0 saturated heterocycles. The van der Waals surface area contributed by atoms with E-state index < -0.39 is 18.5 Å². The Labute approximate surface area is 171 Å². The summed E-state index contributed by atoms with van der Waals surface area (Å²) in [7, 11) is 0. The van der Waals surface area contributed by atoms with Crippen molar-refractivity contribution < 1.29 is 19.1 Å². The van der Waals surface area contributed by atoms with Gasteiger partial charge in [-0.3, -0.25) is 14.6 Å². The summed E-state index contributed by atoms with van der Waals surface area (Å²) in [4.78, 5) is 40.6. The fourth-order valence-corrected chi connectivity index (χ4v) is 3.41. The summed E-state index contributed by atoms with van der Waals surface area (Å²) in [6, 6.07) is 8.48. The maximum Gasteiger partial charge on any atom is 0.340 e. The lowest BCUT2D eigenvalue weighted by Gasteiger charge is -2.15. The number of halogens is 1. The number of hydrogen-bond donors (Lipinski definition) is 2. The third-order valence-corrected chi connectivity index (χ3v) is 4.84. The highest BCUT2D eigenvalue weighted by Crippen LogP contribution is 2.20. The third kappa shape index (κ3) is 5.39. The van der Waals surface area contributed by atoms with Gasteiger partial charge in [0.1, 0.15) is 0 Å². The molecule has 1 heterocycles. The molecular weight excluding hydrogens is 426 g/mol. The molecule has 0 unspecified atom stereocenters. The summed E-state index contributed by atoms with van der Waals surface area (Å²) < 4.78 is 5.65. The number of pyridine rings is 1. The molecule has 28 heavy (non-hydrogen) atoms. The molecule has 1 aromatic carbocycles. The number of carbonyl (C=O) groups excluding carboxylic acids is 3. The lowest BCUT2D eigenvalue weighted by Crippen LogP contribution is -2.33. The van der Waals surface area contributed by atoms with Gasteiger partial charge in [-0.05, 0) is 47.0 Å². The molecule has 8 heteroatoms. The molecule has 1 aliphatic rings. The molecule has 2 amide bonds. The number of carbonyl (C=O) groups is 3. The number of anilines is 1. The molecule has 0 radical (unpaired) electrons. The monoisotopic (exact) mass is 445 g/mol. The minimum Gasteiger partial charge on any atom is -0.452 e. The molecule has 1 saturated carbocycles. The van der Waals surface area contributed by atoms with Crippen molar-refractivity contribution in [2.24, 2.45) is 0 Å². The molecule has 7 nitrogen and oxygen atoms in total. The quantitative estimate of drug-likeness (QED) is 0.664. The van der Waals surface area contributed by atoms with Crippen LogP contribution in [0.4, 0.5) is 5.69 Å². The smallest absolute Gasteiger partial charge is 0.340 e. The lowest BCUT2D eigenvalue weighted by molar-refractivity contribution is -0.119. The lowest BCUT2D eigenvalue weighted by atomic mass is 10.1. The fraction of sp³-hybridized carbons (Fsp3) is 0.300. The van der Waals surface area contributed by atoms with Gasteiger partial charge in [0.15, 0.2) is 6.61 Å². The summed E-state index contributed by atoms with van der Waals surface area (Å²) >= 11 is 3.22. The van der Waals surface area contributed by atoms with E-state index in [0.29, 0.717) is 15.7 Å². The summed E-state index contributed by atoms with van der Waals surface area (Å²) in [6.07, 6.45) is 7.07. The zero-order chi connectivity index (χ0) is 19.9. The van der Waals surface area contributed by atoms with Gasteiger partial charge >= 0.3 is 5.97 Å². The predicted octanol–water partition coefficient (Wildman–Crippen LogP) is 3.31. The van der Waals surface area contributed by atoms with Crippen LogP contribution in [0.3, 0.4) is 0 Å². The Morgan fingerprint density at radius 2 is 1.89 bits per heavy atom. The van der Waals surface area contributed by atoms with E-state index in [1.165, 1.54) is 12.4 Å². The second kappa shape index (κ2) is 9.45. The Kier molecular flexibility index (Phi) is 6.76. The van der Waals surface area contributed by atoms with Crippen molar-refractivity contribution in [3.05, 3.63) is 58.3 Å². The van der Waals surface area contributed by atoms with Gasteiger partial charge in [-0.2, -0.15) is 0 Å². The average Bonchev–Trinajstić information content (AvgIpc) is 3.19. The van der Waals surface area contributed by atoms with Crippen LogP contribution in [0.2, 0.25) is 0 Å². The SMILES string of the molecule is O=C(COC(=O)c1cncc(Br)c1)Nc1ccccc1C(=O)NC1CCCC1. The minimum atomic E-state index is -0.656. The van der Waals surface area contributed by atoms with Crippen LogP contribution in [0.25, 0.3) is 0 Å². The Morgan fingerprint density at radius 3 is 2.64 bits per heavy atom. The molecule has 3 rings (SSSR count). The van der Waals surface area contributed by atoms with Crippen LogP contribution in [-0.4, -0.2) is 35.4 Å². The fourth-order valence-electron chi connectivity index (χ4n) is 3.05. The summed E-state index contributed by atoms with van der Waals surface area (Å²) in [5.41, 5.74) is 0.993. The van der Waals surface area contributed by atoms with E-state index >= 15 is 0 Å². The first kappa shape index (κ1) is 20.0. The molecule has 2 aromatic rings. The third-order valence-electron chi connectivity index (χ3n) is 4.41. The first-order valence-electron chi connectivity index (χ1n) is 9.00. The average molecular weight is 446 g/mol. The maximum atomic E-state index is 12.5. The molecule has 2 N–H and O–H groups in total. The topological polar surface area (TPSA) is 97.4 Å². The second-order valence-corrected chi connectivity index (χ2v) is 7.43. The normalized spacial score (nSPS) is 13.8. The molecule has 0 atom stereocenters. The minimum absolute atomic E-state index is 0.177. The van der Waals surface area contributed by atoms with Gasteiger partial charge in [0.2, 0.25) is 0 Å². The van der Waals surface area contributed by atoms with Crippen LogP contribution in [-0.2, 0) is 9.53 Å². The Morgan fingerprint density at radius 1 is 1.14 bits per heavy atom. The molecule has 1 aliphatic carbocycles. The largest absolute Gasteiger partial charge is 0.452 e. The van der Waals surface area contributed by atoms with Crippen molar-refractivity contribution in [3.8, 4) is 0 Å². The number of hydrogen-bond acceptors (Lipinski definition) is 5. The summed E-state index contributed by atoms with van der Waals surface area (Å²) in [5, 5.41) is 5.63. The number of ether oxygens (including phenoxy) is 1. The van der Waals surface area contributed by atoms with Crippen LogP contribution in [0, 0.1) is 0 Å². The number of amides is 2. The first-order valence-corrected chi connectivity index (χ1v) is 9.79. The van der Waals surface area contributed by atoms with Crippen molar-refractivity contribution in [2.45, 2.75) is 31.7 Å². The predicted molar refractivity (Wildman–Crippen MR) is 107 cm³/mol. The van der Waals surface area contributed by atoms with Gasteiger partial charge in [0.25, 0.3) is 11.8 Å². The standard InChI is InChI=1S/C20H20BrN3O4/c21-14-9-13(10-22-11-14)20(27)28-12-18(25)24-17-8-4-3-7-16(17)19(26)23-15-5-1-2-6-15/h3-4,7-11,15H,1-2,5-6,12H2,(H,23,26)(H,24,25). The number of nitrogens with zero attached hydrogens (tertiary/aromatic N) is 1. The molecule has 1 fully saturated rings. The first-order chi connectivity index (χ1) is 13.5. The van der Waals surface area contributed by atoms with Gasteiger partial charge in [-0.15, -0.1) is 0 Å². The maximum absolute atomic E-state index is 12.5. The number of rotatable bonds is 6. The van der Waals surface area contributed by atoms with Crippen LogP contribution in [0.5, 0.6) is 0 Å². The van der Waals surface area contributed by atoms with Crippen molar-refractivity contribution in [3.63, 3.8) is 0 Å².